The highest BCUT2D eigenvalue weighted by Crippen LogP contribution is 2.35. The number of para-hydroxylation sites is 1. The lowest BCUT2D eigenvalue weighted by atomic mass is 10.0. The van der Waals surface area contributed by atoms with Crippen molar-refractivity contribution >= 4 is 7.82 Å². The highest BCUT2D eigenvalue weighted by molar-refractivity contribution is 7.46. The van der Waals surface area contributed by atoms with Gasteiger partial charge in [0.2, 0.25) is 0 Å². The molecule has 0 saturated carbocycles. The Hall–Kier alpha value is -0.910. The molecule has 0 bridgehead atoms. The molecule has 1 unspecified atom stereocenters. The zero-order valence-corrected chi connectivity index (χ0v) is 23.7. The maximum atomic E-state index is 10.7. The van der Waals surface area contributed by atoms with Gasteiger partial charge in [-0.1, -0.05) is 128 Å². The van der Waals surface area contributed by atoms with E-state index in [-0.39, 0.29) is 19.3 Å². The van der Waals surface area contributed by atoms with E-state index in [1.54, 1.807) is 0 Å². The Bertz CT molecular complexity index is 636. The summed E-state index contributed by atoms with van der Waals surface area (Å²) in [5.74, 6) is 0.810. The minimum atomic E-state index is -4.44. The summed E-state index contributed by atoms with van der Waals surface area (Å²) >= 11 is 0. The average Bonchev–Trinajstić information content (AvgIpc) is 2.85. The number of phosphoric ester groups is 1. The molecule has 7 heteroatoms. The summed E-state index contributed by atoms with van der Waals surface area (Å²) in [6.07, 6.45) is 23.8. The Morgan fingerprint density at radius 1 is 0.694 bits per heavy atom. The molecule has 0 fully saturated rings. The predicted octanol–water partition coefficient (Wildman–Crippen LogP) is 8.60. The van der Waals surface area contributed by atoms with Gasteiger partial charge >= 0.3 is 7.82 Å². The van der Waals surface area contributed by atoms with Crippen LogP contribution in [0.5, 0.6) is 5.75 Å². The summed E-state index contributed by atoms with van der Waals surface area (Å²) in [7, 11) is -4.44. The number of ether oxygens (including phenoxy) is 2. The zero-order chi connectivity index (χ0) is 26.2. The van der Waals surface area contributed by atoms with E-state index in [4.69, 9.17) is 19.3 Å². The van der Waals surface area contributed by atoms with Crippen LogP contribution in [0.2, 0.25) is 0 Å². The van der Waals surface area contributed by atoms with Crippen LogP contribution in [0, 0.1) is 0 Å². The topological polar surface area (TPSA) is 85.2 Å². The standard InChI is InChI=1S/C29H53O6P/c1-2-3-4-5-6-7-8-9-10-11-12-13-14-15-16-17-19-24-29(35-28-22-20-18-21-23-28)27-33-25-26-34-36(30,31)32/h18,20-23,29H,2-17,19,24-27H2,1H3,(H2,30,31,32). The fourth-order valence-corrected chi connectivity index (χ4v) is 4.71. The third-order valence-corrected chi connectivity index (χ3v) is 6.99. The molecule has 0 aliphatic carbocycles. The molecule has 0 amide bonds. The second-order valence-corrected chi connectivity index (χ2v) is 11.1. The van der Waals surface area contributed by atoms with Gasteiger partial charge in [-0.2, -0.15) is 0 Å². The average molecular weight is 529 g/mol. The lowest BCUT2D eigenvalue weighted by Gasteiger charge is -2.19. The van der Waals surface area contributed by atoms with Crippen LogP contribution in [0.15, 0.2) is 30.3 Å². The predicted molar refractivity (Wildman–Crippen MR) is 148 cm³/mol. The van der Waals surface area contributed by atoms with E-state index >= 15 is 0 Å². The summed E-state index contributed by atoms with van der Waals surface area (Å²) in [5, 5.41) is 0. The highest BCUT2D eigenvalue weighted by Gasteiger charge is 2.14. The maximum Gasteiger partial charge on any atom is 0.469 e. The molecule has 0 aliphatic heterocycles. The number of unbranched alkanes of at least 4 members (excludes halogenated alkanes) is 16. The van der Waals surface area contributed by atoms with Gasteiger partial charge in [-0.05, 0) is 25.0 Å². The van der Waals surface area contributed by atoms with E-state index in [0.717, 1.165) is 18.6 Å². The molecule has 210 valence electrons. The molecule has 1 aromatic carbocycles. The molecule has 1 rings (SSSR count). The van der Waals surface area contributed by atoms with E-state index in [9.17, 15) is 4.57 Å². The van der Waals surface area contributed by atoms with Gasteiger partial charge in [-0.25, -0.2) is 4.57 Å². The molecule has 0 radical (unpaired) electrons. The van der Waals surface area contributed by atoms with E-state index in [2.05, 4.69) is 11.4 Å². The molecule has 0 aromatic heterocycles. The van der Waals surface area contributed by atoms with Gasteiger partial charge in [0.25, 0.3) is 0 Å². The molecular formula is C29H53O6P. The van der Waals surface area contributed by atoms with Crippen molar-refractivity contribution in [3.05, 3.63) is 30.3 Å². The van der Waals surface area contributed by atoms with Crippen molar-refractivity contribution in [1.82, 2.24) is 0 Å². The number of hydrogen-bond acceptors (Lipinski definition) is 4. The summed E-state index contributed by atoms with van der Waals surface area (Å²) in [6.45, 7) is 2.64. The number of benzene rings is 1. The van der Waals surface area contributed by atoms with Crippen molar-refractivity contribution < 1.29 is 28.3 Å². The Morgan fingerprint density at radius 2 is 1.17 bits per heavy atom. The van der Waals surface area contributed by atoms with E-state index in [1.807, 2.05) is 30.3 Å². The van der Waals surface area contributed by atoms with E-state index in [1.165, 1.54) is 103 Å². The zero-order valence-electron chi connectivity index (χ0n) is 22.8. The molecule has 0 aliphatic rings. The van der Waals surface area contributed by atoms with E-state index < -0.39 is 7.82 Å². The molecule has 0 spiro atoms. The van der Waals surface area contributed by atoms with Crippen molar-refractivity contribution in [3.63, 3.8) is 0 Å². The first kappa shape index (κ1) is 33.1. The van der Waals surface area contributed by atoms with Gasteiger partial charge in [0.05, 0.1) is 19.8 Å². The highest BCUT2D eigenvalue weighted by atomic mass is 31.2. The molecule has 6 nitrogen and oxygen atoms in total. The summed E-state index contributed by atoms with van der Waals surface area (Å²) in [4.78, 5) is 17.5. The van der Waals surface area contributed by atoms with Crippen molar-refractivity contribution in [2.24, 2.45) is 0 Å². The van der Waals surface area contributed by atoms with Crippen molar-refractivity contribution in [1.29, 1.82) is 0 Å². The number of phosphoric acid groups is 1. The quantitative estimate of drug-likeness (QED) is 0.0925. The van der Waals surface area contributed by atoms with Gasteiger partial charge in [0, 0.05) is 0 Å². The molecule has 0 saturated heterocycles. The lowest BCUT2D eigenvalue weighted by molar-refractivity contribution is 0.0272. The Kier molecular flexibility index (Phi) is 21.4. The Labute approximate surface area is 220 Å². The molecular weight excluding hydrogens is 475 g/mol. The van der Waals surface area contributed by atoms with Crippen molar-refractivity contribution in [2.45, 2.75) is 129 Å². The first-order valence-corrected chi connectivity index (χ1v) is 16.0. The second kappa shape index (κ2) is 23.2. The van der Waals surface area contributed by atoms with Crippen LogP contribution >= 0.6 is 7.82 Å². The van der Waals surface area contributed by atoms with Crippen LogP contribution < -0.4 is 4.74 Å². The van der Waals surface area contributed by atoms with Crippen LogP contribution in [0.3, 0.4) is 0 Å². The van der Waals surface area contributed by atoms with Gasteiger partial charge in [0.1, 0.15) is 11.9 Å². The largest absolute Gasteiger partial charge is 0.488 e. The molecule has 1 atom stereocenters. The van der Waals surface area contributed by atoms with Crippen molar-refractivity contribution in [3.8, 4) is 5.75 Å². The first-order chi connectivity index (χ1) is 17.5. The van der Waals surface area contributed by atoms with Gasteiger partial charge in [-0.15, -0.1) is 0 Å². The van der Waals surface area contributed by atoms with Crippen LogP contribution in [0.1, 0.15) is 122 Å². The smallest absolute Gasteiger partial charge is 0.469 e. The normalized spacial score (nSPS) is 12.6. The fourth-order valence-electron chi connectivity index (χ4n) is 4.39. The summed E-state index contributed by atoms with van der Waals surface area (Å²) in [6, 6.07) is 9.69. The number of hydrogen-bond donors (Lipinski definition) is 2. The van der Waals surface area contributed by atoms with Crippen LogP contribution in [-0.4, -0.2) is 35.7 Å². The van der Waals surface area contributed by atoms with Gasteiger partial charge < -0.3 is 19.3 Å². The maximum absolute atomic E-state index is 10.7. The Morgan fingerprint density at radius 3 is 1.64 bits per heavy atom. The molecule has 0 heterocycles. The summed E-state index contributed by atoms with van der Waals surface area (Å²) in [5.41, 5.74) is 0. The van der Waals surface area contributed by atoms with Gasteiger partial charge in [-0.3, -0.25) is 4.52 Å². The third kappa shape index (κ3) is 22.3. The minimum Gasteiger partial charge on any atom is -0.488 e. The van der Waals surface area contributed by atoms with Crippen LogP contribution in [-0.2, 0) is 13.8 Å². The second-order valence-electron chi connectivity index (χ2n) is 9.90. The monoisotopic (exact) mass is 528 g/mol. The fraction of sp³-hybridized carbons (Fsp3) is 0.793. The number of rotatable bonds is 26. The van der Waals surface area contributed by atoms with Crippen molar-refractivity contribution in [2.75, 3.05) is 19.8 Å². The van der Waals surface area contributed by atoms with Crippen LogP contribution in [0.4, 0.5) is 0 Å². The van der Waals surface area contributed by atoms with Crippen LogP contribution in [0.25, 0.3) is 0 Å². The SMILES string of the molecule is CCCCCCCCCCCCCCCCCCCC(COCCOP(=O)(O)O)Oc1ccccc1. The molecule has 2 N–H and O–H groups in total. The lowest BCUT2D eigenvalue weighted by Crippen LogP contribution is -2.24. The minimum absolute atomic E-state index is 0.0844. The van der Waals surface area contributed by atoms with E-state index in [0.29, 0.717) is 6.61 Å². The summed E-state index contributed by atoms with van der Waals surface area (Å²) < 4.78 is 26.8. The Balaban J connectivity index is 2.01. The van der Waals surface area contributed by atoms with Gasteiger partial charge in [0.15, 0.2) is 0 Å². The molecule has 1 aromatic rings. The first-order valence-electron chi connectivity index (χ1n) is 14.5. The third-order valence-electron chi connectivity index (χ3n) is 6.47. The molecule has 36 heavy (non-hydrogen) atoms.